The van der Waals surface area contributed by atoms with E-state index >= 15 is 0 Å². The van der Waals surface area contributed by atoms with Gasteiger partial charge in [0, 0.05) is 14.1 Å². The number of ether oxygens (including phenoxy) is 4. The molecule has 2 amide bonds. The van der Waals surface area contributed by atoms with Crippen LogP contribution in [-0.2, 0) is 14.3 Å². The molecular weight excluding hydrogens is 332 g/mol. The summed E-state index contributed by atoms with van der Waals surface area (Å²) >= 11 is 0. The van der Waals surface area contributed by atoms with Crippen molar-refractivity contribution in [1.82, 2.24) is 10.2 Å². The van der Waals surface area contributed by atoms with Gasteiger partial charge in [0.05, 0.1) is 27.9 Å². The number of likely N-dealkylation sites (N-methyl/N-ethyl adjacent to an activating group) is 1. The molecule has 0 heterocycles. The van der Waals surface area contributed by atoms with E-state index in [-0.39, 0.29) is 29.5 Å². The van der Waals surface area contributed by atoms with Crippen LogP contribution in [-0.4, -0.2) is 71.3 Å². The number of hydrogen-bond donors (Lipinski definition) is 1. The molecule has 0 aromatic heterocycles. The maximum atomic E-state index is 12.2. The fraction of sp³-hybridized carbons (Fsp3) is 0.438. The highest BCUT2D eigenvalue weighted by Crippen LogP contribution is 2.39. The molecule has 9 heteroatoms. The number of esters is 1. The van der Waals surface area contributed by atoms with Crippen molar-refractivity contribution in [3.8, 4) is 17.2 Å². The third kappa shape index (κ3) is 5.27. The lowest BCUT2D eigenvalue weighted by Crippen LogP contribution is -2.38. The van der Waals surface area contributed by atoms with Gasteiger partial charge in [0.2, 0.25) is 11.7 Å². The Bertz CT molecular complexity index is 644. The zero-order valence-electron chi connectivity index (χ0n) is 14.9. The largest absolute Gasteiger partial charge is 0.493 e. The number of amides is 2. The van der Waals surface area contributed by atoms with Crippen molar-refractivity contribution in [2.24, 2.45) is 0 Å². The molecule has 0 fully saturated rings. The van der Waals surface area contributed by atoms with E-state index in [1.54, 1.807) is 14.1 Å². The van der Waals surface area contributed by atoms with Gasteiger partial charge in [0.1, 0.15) is 5.56 Å². The highest BCUT2D eigenvalue weighted by molar-refractivity contribution is 5.95. The van der Waals surface area contributed by atoms with Crippen molar-refractivity contribution in [3.63, 3.8) is 0 Å². The summed E-state index contributed by atoms with van der Waals surface area (Å²) in [6.07, 6.45) is 0. The highest BCUT2D eigenvalue weighted by Gasteiger charge is 2.22. The fourth-order valence-corrected chi connectivity index (χ4v) is 1.85. The van der Waals surface area contributed by atoms with Crippen molar-refractivity contribution in [2.45, 2.75) is 0 Å². The molecule has 0 radical (unpaired) electrons. The first kappa shape index (κ1) is 20.1. The van der Waals surface area contributed by atoms with Gasteiger partial charge < -0.3 is 29.2 Å². The maximum absolute atomic E-state index is 12.2. The van der Waals surface area contributed by atoms with Crippen LogP contribution in [0.4, 0.5) is 0 Å². The summed E-state index contributed by atoms with van der Waals surface area (Å²) in [4.78, 5) is 36.6. The van der Waals surface area contributed by atoms with Crippen molar-refractivity contribution in [3.05, 3.63) is 17.7 Å². The summed E-state index contributed by atoms with van der Waals surface area (Å²) in [7, 11) is 7.36. The molecular formula is C16H22N2O7. The Hall–Kier alpha value is -2.97. The van der Waals surface area contributed by atoms with Gasteiger partial charge in [-0.1, -0.05) is 0 Å². The second kappa shape index (κ2) is 9.36. The summed E-state index contributed by atoms with van der Waals surface area (Å²) in [5.41, 5.74) is 0.0808. The number of methoxy groups -OCH3 is 3. The van der Waals surface area contributed by atoms with Crippen molar-refractivity contribution in [2.75, 3.05) is 48.6 Å². The Morgan fingerprint density at radius 1 is 1.00 bits per heavy atom. The van der Waals surface area contributed by atoms with E-state index in [2.05, 4.69) is 5.32 Å². The van der Waals surface area contributed by atoms with Gasteiger partial charge in [0.25, 0.3) is 5.91 Å². The molecule has 0 aliphatic heterocycles. The number of nitrogens with zero attached hydrogens (tertiary/aromatic N) is 1. The highest BCUT2D eigenvalue weighted by atomic mass is 16.5. The predicted molar refractivity (Wildman–Crippen MR) is 88.1 cm³/mol. The number of rotatable bonds is 8. The quantitative estimate of drug-likeness (QED) is 0.659. The maximum Gasteiger partial charge on any atom is 0.342 e. The van der Waals surface area contributed by atoms with Crippen molar-refractivity contribution in [1.29, 1.82) is 0 Å². The van der Waals surface area contributed by atoms with Gasteiger partial charge >= 0.3 is 5.97 Å². The van der Waals surface area contributed by atoms with Crippen LogP contribution in [0.15, 0.2) is 12.1 Å². The van der Waals surface area contributed by atoms with E-state index < -0.39 is 18.5 Å². The molecule has 1 N–H and O–H groups in total. The van der Waals surface area contributed by atoms with E-state index in [9.17, 15) is 14.4 Å². The standard InChI is InChI=1S/C16H22N2O7/c1-18(2)13(20)8-17-12(19)9-25-16(21)10-6-7-11(22-3)15(24-5)14(10)23-4/h6-7H,8-9H2,1-5H3,(H,17,19). The van der Waals surface area contributed by atoms with Crippen LogP contribution in [0.5, 0.6) is 17.2 Å². The molecule has 0 spiro atoms. The lowest BCUT2D eigenvalue weighted by Gasteiger charge is -2.15. The average molecular weight is 354 g/mol. The second-order valence-electron chi connectivity index (χ2n) is 5.02. The van der Waals surface area contributed by atoms with Crippen molar-refractivity contribution >= 4 is 17.8 Å². The number of carbonyl (C=O) groups excluding carboxylic acids is 3. The Morgan fingerprint density at radius 3 is 2.16 bits per heavy atom. The fourth-order valence-electron chi connectivity index (χ4n) is 1.85. The zero-order valence-corrected chi connectivity index (χ0v) is 14.9. The van der Waals surface area contributed by atoms with E-state index in [1.807, 2.05) is 0 Å². The van der Waals surface area contributed by atoms with Crippen LogP contribution in [0.3, 0.4) is 0 Å². The first-order valence-electron chi connectivity index (χ1n) is 7.28. The molecule has 0 bridgehead atoms. The Kier molecular flexibility index (Phi) is 7.51. The SMILES string of the molecule is COc1ccc(C(=O)OCC(=O)NCC(=O)N(C)C)c(OC)c1OC. The molecule has 0 aliphatic carbocycles. The first-order valence-corrected chi connectivity index (χ1v) is 7.28. The number of carbonyl (C=O) groups is 3. The van der Waals surface area contributed by atoms with Gasteiger partial charge in [-0.25, -0.2) is 4.79 Å². The van der Waals surface area contributed by atoms with Gasteiger partial charge in [-0.3, -0.25) is 9.59 Å². The molecule has 0 aliphatic rings. The molecule has 1 rings (SSSR count). The molecule has 1 aromatic rings. The number of hydrogen-bond acceptors (Lipinski definition) is 7. The van der Waals surface area contributed by atoms with Crippen molar-refractivity contribution < 1.29 is 33.3 Å². The average Bonchev–Trinajstić information content (AvgIpc) is 2.62. The van der Waals surface area contributed by atoms with Crippen LogP contribution in [0.2, 0.25) is 0 Å². The molecule has 0 atom stereocenters. The zero-order chi connectivity index (χ0) is 19.0. The minimum atomic E-state index is -0.771. The summed E-state index contributed by atoms with van der Waals surface area (Å²) in [6.45, 7) is -0.708. The van der Waals surface area contributed by atoms with E-state index in [4.69, 9.17) is 18.9 Å². The molecule has 0 saturated heterocycles. The van der Waals surface area contributed by atoms with Gasteiger partial charge in [-0.05, 0) is 12.1 Å². The minimum absolute atomic E-state index is 0.0808. The minimum Gasteiger partial charge on any atom is -0.493 e. The molecule has 1 aromatic carbocycles. The third-order valence-electron chi connectivity index (χ3n) is 3.19. The predicted octanol–water partition coefficient (Wildman–Crippen LogP) is 0.0736. The van der Waals surface area contributed by atoms with Crippen LogP contribution in [0, 0.1) is 0 Å². The summed E-state index contributed by atoms with van der Waals surface area (Å²) < 4.78 is 20.4. The topological polar surface area (TPSA) is 103 Å². The van der Waals surface area contributed by atoms with E-state index in [0.717, 1.165) is 0 Å². The molecule has 0 saturated carbocycles. The van der Waals surface area contributed by atoms with E-state index in [1.165, 1.54) is 38.4 Å². The molecule has 25 heavy (non-hydrogen) atoms. The smallest absolute Gasteiger partial charge is 0.342 e. The van der Waals surface area contributed by atoms with Crippen LogP contribution < -0.4 is 19.5 Å². The number of benzene rings is 1. The second-order valence-corrected chi connectivity index (χ2v) is 5.02. The Labute approximate surface area is 145 Å². The van der Waals surface area contributed by atoms with E-state index in [0.29, 0.717) is 5.75 Å². The van der Waals surface area contributed by atoms with Crippen LogP contribution >= 0.6 is 0 Å². The van der Waals surface area contributed by atoms with Crippen LogP contribution in [0.25, 0.3) is 0 Å². The normalized spacial score (nSPS) is 9.80. The monoisotopic (exact) mass is 354 g/mol. The van der Waals surface area contributed by atoms with Gasteiger partial charge in [0.15, 0.2) is 18.1 Å². The summed E-state index contributed by atoms with van der Waals surface area (Å²) in [5, 5.41) is 2.36. The first-order chi connectivity index (χ1) is 11.8. The lowest BCUT2D eigenvalue weighted by atomic mass is 10.1. The Balaban J connectivity index is 2.75. The number of nitrogens with one attached hydrogen (secondary N) is 1. The Morgan fingerprint density at radius 2 is 1.64 bits per heavy atom. The summed E-state index contributed by atoms with van der Waals surface area (Å²) in [5.74, 6) is -0.887. The third-order valence-corrected chi connectivity index (χ3v) is 3.19. The lowest BCUT2D eigenvalue weighted by molar-refractivity contribution is -0.131. The van der Waals surface area contributed by atoms with Gasteiger partial charge in [-0.15, -0.1) is 0 Å². The molecule has 9 nitrogen and oxygen atoms in total. The van der Waals surface area contributed by atoms with Gasteiger partial charge in [-0.2, -0.15) is 0 Å². The molecule has 0 unspecified atom stereocenters. The van der Waals surface area contributed by atoms with Crippen LogP contribution in [0.1, 0.15) is 10.4 Å². The summed E-state index contributed by atoms with van der Waals surface area (Å²) in [6, 6.07) is 2.96. The molecule has 138 valence electrons.